The number of carbonyl (C=O) groups excluding carboxylic acids is 2. The summed E-state index contributed by atoms with van der Waals surface area (Å²) in [5.74, 6) is -2.83. The second-order valence-corrected chi connectivity index (χ2v) is 4.26. The molecular weight excluding hydrogens is 264 g/mol. The molecule has 0 fully saturated rings. The van der Waals surface area contributed by atoms with Crippen molar-refractivity contribution in [3.8, 4) is 5.75 Å². The summed E-state index contributed by atoms with van der Waals surface area (Å²) in [4.78, 5) is 21.6. The minimum Gasteiger partial charge on any atom is -0.545 e. The molecule has 1 aromatic rings. The number of aromatic carboxylic acids is 2. The molecule has 0 aliphatic carbocycles. The van der Waals surface area contributed by atoms with E-state index in [0.29, 0.717) is 6.61 Å². The van der Waals surface area contributed by atoms with Gasteiger partial charge >= 0.3 is 0 Å². The van der Waals surface area contributed by atoms with E-state index in [1.807, 2.05) is 13.8 Å². The van der Waals surface area contributed by atoms with Gasteiger partial charge in [-0.3, -0.25) is 0 Å². The maximum atomic E-state index is 10.8. The molecule has 0 amide bonds. The van der Waals surface area contributed by atoms with E-state index in [-0.39, 0.29) is 29.6 Å². The van der Waals surface area contributed by atoms with Crippen LogP contribution in [-0.2, 0) is 4.74 Å². The molecule has 20 heavy (non-hydrogen) atoms. The van der Waals surface area contributed by atoms with Crippen molar-refractivity contribution in [1.82, 2.24) is 0 Å². The summed E-state index contributed by atoms with van der Waals surface area (Å²) in [7, 11) is 0. The minimum absolute atomic E-state index is 0.104. The average Bonchev–Trinajstić information content (AvgIpc) is 2.42. The molecule has 1 unspecified atom stereocenters. The van der Waals surface area contributed by atoms with Gasteiger partial charge in [0, 0.05) is 11.1 Å². The number of carboxylic acid groups (broad SMARTS) is 2. The van der Waals surface area contributed by atoms with E-state index in [1.54, 1.807) is 0 Å². The summed E-state index contributed by atoms with van der Waals surface area (Å²) >= 11 is 0. The molecule has 0 aliphatic heterocycles. The highest BCUT2D eigenvalue weighted by molar-refractivity contribution is 5.92. The topological polar surface area (TPSA) is 98.7 Å². The fourth-order valence-electron chi connectivity index (χ4n) is 1.44. The lowest BCUT2D eigenvalue weighted by Crippen LogP contribution is -2.26. The minimum atomic E-state index is -1.48. The molecule has 0 bridgehead atoms. The van der Waals surface area contributed by atoms with Crippen molar-refractivity contribution in [2.75, 3.05) is 13.2 Å². The van der Waals surface area contributed by atoms with Gasteiger partial charge < -0.3 is 29.3 Å². The lowest BCUT2D eigenvalue weighted by molar-refractivity contribution is -0.255. The lowest BCUT2D eigenvalue weighted by atomic mass is 10.1. The van der Waals surface area contributed by atoms with Crippen LogP contribution in [0.2, 0.25) is 0 Å². The van der Waals surface area contributed by atoms with E-state index in [0.717, 1.165) is 12.5 Å². The Morgan fingerprint density at radius 1 is 1.10 bits per heavy atom. The van der Waals surface area contributed by atoms with Crippen LogP contribution in [0.15, 0.2) is 18.2 Å². The molecule has 0 N–H and O–H groups in total. The zero-order valence-electron chi connectivity index (χ0n) is 11.4. The first-order chi connectivity index (χ1) is 9.43. The predicted octanol–water partition coefficient (Wildman–Crippen LogP) is -0.392. The molecule has 0 spiro atoms. The molecule has 110 valence electrons. The molecule has 0 heterocycles. The fraction of sp³-hybridized carbons (Fsp3) is 0.429. The Balaban J connectivity index is 2.69. The van der Waals surface area contributed by atoms with Crippen LogP contribution in [-0.4, -0.2) is 31.3 Å². The molecule has 0 aliphatic rings. The van der Waals surface area contributed by atoms with Crippen LogP contribution in [0.4, 0.5) is 0 Å². The number of carbonyl (C=O) groups is 2. The van der Waals surface area contributed by atoms with Crippen molar-refractivity contribution in [2.45, 2.75) is 26.4 Å². The van der Waals surface area contributed by atoms with Crippen LogP contribution in [0.5, 0.6) is 5.75 Å². The van der Waals surface area contributed by atoms with Gasteiger partial charge in [0.1, 0.15) is 12.4 Å². The molecule has 0 saturated carbocycles. The zero-order valence-corrected chi connectivity index (χ0v) is 11.4. The van der Waals surface area contributed by atoms with Gasteiger partial charge in [-0.25, -0.2) is 0 Å². The summed E-state index contributed by atoms with van der Waals surface area (Å²) in [5, 5.41) is 21.6. The maximum Gasteiger partial charge on any atom is 0.120 e. The van der Waals surface area contributed by atoms with E-state index in [9.17, 15) is 19.8 Å². The van der Waals surface area contributed by atoms with Gasteiger partial charge in [0.15, 0.2) is 0 Å². The van der Waals surface area contributed by atoms with Crippen LogP contribution >= 0.6 is 0 Å². The summed E-state index contributed by atoms with van der Waals surface area (Å²) in [6, 6.07) is 3.36. The van der Waals surface area contributed by atoms with Gasteiger partial charge in [-0.15, -0.1) is 0 Å². The molecule has 1 aromatic carbocycles. The predicted molar refractivity (Wildman–Crippen MR) is 66.3 cm³/mol. The molecular formula is C14H16O6-2. The van der Waals surface area contributed by atoms with E-state index < -0.39 is 11.9 Å². The first-order valence-electron chi connectivity index (χ1n) is 6.26. The van der Waals surface area contributed by atoms with Gasteiger partial charge in [0.05, 0.1) is 24.6 Å². The highest BCUT2D eigenvalue weighted by Gasteiger charge is 2.05. The van der Waals surface area contributed by atoms with Crippen molar-refractivity contribution in [1.29, 1.82) is 0 Å². The van der Waals surface area contributed by atoms with Gasteiger partial charge in [0.25, 0.3) is 0 Å². The van der Waals surface area contributed by atoms with Gasteiger partial charge in [0.2, 0.25) is 0 Å². The largest absolute Gasteiger partial charge is 0.545 e. The Kier molecular flexibility index (Phi) is 5.99. The monoisotopic (exact) mass is 280 g/mol. The first kappa shape index (κ1) is 16.0. The van der Waals surface area contributed by atoms with Crippen LogP contribution in [0, 0.1) is 0 Å². The van der Waals surface area contributed by atoms with E-state index in [1.165, 1.54) is 12.1 Å². The third kappa shape index (κ3) is 4.89. The van der Waals surface area contributed by atoms with Gasteiger partial charge in [-0.05, 0) is 31.5 Å². The Morgan fingerprint density at radius 2 is 1.65 bits per heavy atom. The van der Waals surface area contributed by atoms with E-state index in [2.05, 4.69) is 0 Å². The van der Waals surface area contributed by atoms with E-state index >= 15 is 0 Å². The number of rotatable bonds is 8. The quantitative estimate of drug-likeness (QED) is 0.601. The van der Waals surface area contributed by atoms with Crippen LogP contribution in [0.25, 0.3) is 0 Å². The number of hydrogen-bond acceptors (Lipinski definition) is 6. The molecule has 1 atom stereocenters. The lowest BCUT2D eigenvalue weighted by Gasteiger charge is -2.14. The third-order valence-electron chi connectivity index (χ3n) is 2.71. The SMILES string of the molecule is CCC(C)OCCOc1cc(C(=O)[O-])cc(C(=O)[O-])c1. The highest BCUT2D eigenvalue weighted by Crippen LogP contribution is 2.17. The zero-order chi connectivity index (χ0) is 15.1. The third-order valence-corrected chi connectivity index (χ3v) is 2.71. The summed E-state index contributed by atoms with van der Waals surface area (Å²) < 4.78 is 10.7. The second kappa shape index (κ2) is 7.49. The normalized spacial score (nSPS) is 11.9. The molecule has 1 rings (SSSR count). The smallest absolute Gasteiger partial charge is 0.120 e. The molecule has 0 aromatic heterocycles. The summed E-state index contributed by atoms with van der Waals surface area (Å²) in [6.07, 6.45) is 0.974. The molecule has 6 heteroatoms. The number of benzene rings is 1. The van der Waals surface area contributed by atoms with E-state index in [4.69, 9.17) is 9.47 Å². The Morgan fingerprint density at radius 3 is 2.10 bits per heavy atom. The average molecular weight is 280 g/mol. The number of ether oxygens (including phenoxy) is 2. The van der Waals surface area contributed by atoms with Crippen LogP contribution < -0.4 is 14.9 Å². The van der Waals surface area contributed by atoms with Gasteiger partial charge in [-0.1, -0.05) is 6.92 Å². The summed E-state index contributed by atoms with van der Waals surface area (Å²) in [5.41, 5.74) is -0.547. The van der Waals surface area contributed by atoms with Crippen LogP contribution in [0.3, 0.4) is 0 Å². The Bertz CT molecular complexity index is 450. The standard InChI is InChI=1S/C14H18O6/c1-3-9(2)19-4-5-20-12-7-10(13(15)16)6-11(8-12)14(17)18/h6-9H,3-5H2,1-2H3,(H,15,16)(H,17,18)/p-2. The van der Waals surface area contributed by atoms with Gasteiger partial charge in [-0.2, -0.15) is 0 Å². The number of carboxylic acids is 2. The van der Waals surface area contributed by atoms with Crippen molar-refractivity contribution >= 4 is 11.9 Å². The van der Waals surface area contributed by atoms with Crippen molar-refractivity contribution in [3.05, 3.63) is 29.3 Å². The highest BCUT2D eigenvalue weighted by atomic mass is 16.5. The van der Waals surface area contributed by atoms with Crippen LogP contribution in [0.1, 0.15) is 41.0 Å². The second-order valence-electron chi connectivity index (χ2n) is 4.26. The molecule has 0 radical (unpaired) electrons. The number of hydrogen-bond donors (Lipinski definition) is 0. The molecule has 6 nitrogen and oxygen atoms in total. The Hall–Kier alpha value is -2.08. The Labute approximate surface area is 116 Å². The van der Waals surface area contributed by atoms with Crippen molar-refractivity contribution in [2.24, 2.45) is 0 Å². The van der Waals surface area contributed by atoms with Crippen molar-refractivity contribution in [3.63, 3.8) is 0 Å². The maximum absolute atomic E-state index is 10.8. The fourth-order valence-corrected chi connectivity index (χ4v) is 1.44. The summed E-state index contributed by atoms with van der Waals surface area (Å²) in [6.45, 7) is 4.42. The molecule has 0 saturated heterocycles. The first-order valence-corrected chi connectivity index (χ1v) is 6.26. The van der Waals surface area contributed by atoms with Crippen molar-refractivity contribution < 1.29 is 29.3 Å².